The smallest absolute Gasteiger partial charge is 0.416 e. The maximum Gasteiger partial charge on any atom is 0.416 e. The van der Waals surface area contributed by atoms with Crippen LogP contribution in [-0.4, -0.2) is 30.8 Å². The Balaban J connectivity index is 2.39. The van der Waals surface area contributed by atoms with Crippen LogP contribution < -0.4 is 16.0 Å². The molecule has 3 N–H and O–H groups in total. The Kier molecular flexibility index (Phi) is 5.51. The molecule has 0 bridgehead atoms. The van der Waals surface area contributed by atoms with Gasteiger partial charge in [-0.25, -0.2) is 4.79 Å². The Morgan fingerprint density at radius 2 is 1.84 bits per heavy atom. The van der Waals surface area contributed by atoms with Gasteiger partial charge in [-0.05, 0) is 64.9 Å². The van der Waals surface area contributed by atoms with Gasteiger partial charge in [0.15, 0.2) is 0 Å². The van der Waals surface area contributed by atoms with Gasteiger partial charge in [0, 0.05) is 6.04 Å². The molecule has 25 heavy (non-hydrogen) atoms. The number of ether oxygens (including phenoxy) is 1. The number of nitrogens with one attached hydrogen (secondary N) is 1. The zero-order valence-electron chi connectivity index (χ0n) is 14.6. The zero-order chi connectivity index (χ0) is 18.8. The molecule has 0 atom stereocenters. The van der Waals surface area contributed by atoms with Crippen LogP contribution in [0, 0.1) is 0 Å². The van der Waals surface area contributed by atoms with Crippen LogP contribution in [0.5, 0.6) is 0 Å². The van der Waals surface area contributed by atoms with Crippen LogP contribution >= 0.6 is 0 Å². The van der Waals surface area contributed by atoms with Crippen molar-refractivity contribution < 1.29 is 22.7 Å². The molecule has 1 aliphatic rings. The summed E-state index contributed by atoms with van der Waals surface area (Å²) >= 11 is 0. The molecule has 1 heterocycles. The lowest BCUT2D eigenvalue weighted by molar-refractivity contribution is -0.137. The molecular weight excluding hydrogens is 335 g/mol. The number of piperidine rings is 1. The second-order valence-corrected chi connectivity index (χ2v) is 7.10. The van der Waals surface area contributed by atoms with E-state index >= 15 is 0 Å². The first-order chi connectivity index (χ1) is 11.5. The number of nitrogens with zero attached hydrogens (tertiary/aromatic N) is 1. The normalized spacial score (nSPS) is 16.6. The molecule has 0 spiro atoms. The molecular formula is C17H24F3N3O2. The van der Waals surface area contributed by atoms with E-state index in [2.05, 4.69) is 5.32 Å². The minimum atomic E-state index is -4.49. The highest BCUT2D eigenvalue weighted by atomic mass is 19.4. The number of halogens is 3. The van der Waals surface area contributed by atoms with Crippen LogP contribution in [0.3, 0.4) is 0 Å². The molecule has 1 fully saturated rings. The molecule has 1 aromatic rings. The SMILES string of the molecule is CC(C)(C)OC(=O)N(c1ccc(C(F)(F)F)cc1N)C1CCNCC1. The van der Waals surface area contributed by atoms with Gasteiger partial charge in [-0.15, -0.1) is 0 Å². The highest BCUT2D eigenvalue weighted by Gasteiger charge is 2.34. The lowest BCUT2D eigenvalue weighted by Gasteiger charge is -2.36. The van der Waals surface area contributed by atoms with Gasteiger partial charge in [0.2, 0.25) is 0 Å². The molecule has 1 aromatic carbocycles. The average molecular weight is 359 g/mol. The highest BCUT2D eigenvalue weighted by Crippen LogP contribution is 2.36. The lowest BCUT2D eigenvalue weighted by Crippen LogP contribution is -2.48. The van der Waals surface area contributed by atoms with E-state index in [1.54, 1.807) is 20.8 Å². The number of anilines is 2. The van der Waals surface area contributed by atoms with Crippen molar-refractivity contribution in [2.24, 2.45) is 0 Å². The number of rotatable bonds is 2. The third-order valence-corrected chi connectivity index (χ3v) is 3.88. The number of alkyl halides is 3. The van der Waals surface area contributed by atoms with Crippen molar-refractivity contribution in [3.05, 3.63) is 23.8 Å². The quantitative estimate of drug-likeness (QED) is 0.789. The number of carbonyl (C=O) groups is 1. The lowest BCUT2D eigenvalue weighted by atomic mass is 10.0. The first-order valence-electron chi connectivity index (χ1n) is 8.19. The average Bonchev–Trinajstić information content (AvgIpc) is 2.47. The van der Waals surface area contributed by atoms with Gasteiger partial charge in [0.25, 0.3) is 0 Å². The summed E-state index contributed by atoms with van der Waals surface area (Å²) in [6.45, 7) is 6.64. The van der Waals surface area contributed by atoms with Gasteiger partial charge in [-0.2, -0.15) is 13.2 Å². The summed E-state index contributed by atoms with van der Waals surface area (Å²) in [5.41, 5.74) is 4.45. The summed E-state index contributed by atoms with van der Waals surface area (Å²) in [6.07, 6.45) is -3.76. The highest BCUT2D eigenvalue weighted by molar-refractivity contribution is 5.92. The molecule has 0 radical (unpaired) electrons. The fourth-order valence-corrected chi connectivity index (χ4v) is 2.77. The minimum absolute atomic E-state index is 0.0979. The Bertz CT molecular complexity index is 621. The number of amides is 1. The van der Waals surface area contributed by atoms with Crippen LogP contribution in [0.4, 0.5) is 29.3 Å². The molecule has 0 saturated carbocycles. The standard InChI is InChI=1S/C17H24F3N3O2/c1-16(2,3)25-15(24)23(12-6-8-22-9-7-12)14-5-4-11(10-13(14)21)17(18,19)20/h4-5,10,12,22H,6-9,21H2,1-3H3. The maximum absolute atomic E-state index is 12.9. The summed E-state index contributed by atoms with van der Waals surface area (Å²) in [4.78, 5) is 14.1. The van der Waals surface area contributed by atoms with Crippen molar-refractivity contribution in [2.75, 3.05) is 23.7 Å². The fraction of sp³-hybridized carbons (Fsp3) is 0.588. The van der Waals surface area contributed by atoms with Gasteiger partial charge >= 0.3 is 12.3 Å². The van der Waals surface area contributed by atoms with E-state index in [1.165, 1.54) is 11.0 Å². The summed E-state index contributed by atoms with van der Waals surface area (Å²) in [6, 6.07) is 2.84. The van der Waals surface area contributed by atoms with E-state index in [4.69, 9.17) is 10.5 Å². The first kappa shape index (κ1) is 19.4. The van der Waals surface area contributed by atoms with Crippen LogP contribution in [-0.2, 0) is 10.9 Å². The molecule has 2 rings (SSSR count). The van der Waals surface area contributed by atoms with E-state index in [-0.39, 0.29) is 17.4 Å². The van der Waals surface area contributed by atoms with E-state index in [1.807, 2.05) is 0 Å². The summed E-state index contributed by atoms with van der Waals surface area (Å²) in [7, 11) is 0. The Morgan fingerprint density at radius 3 is 2.32 bits per heavy atom. The maximum atomic E-state index is 12.9. The third kappa shape index (κ3) is 5.01. The zero-order valence-corrected chi connectivity index (χ0v) is 14.6. The molecule has 140 valence electrons. The molecule has 1 amide bonds. The van der Waals surface area contributed by atoms with Gasteiger partial charge in [-0.1, -0.05) is 0 Å². The van der Waals surface area contributed by atoms with Gasteiger partial charge in [-0.3, -0.25) is 4.90 Å². The van der Waals surface area contributed by atoms with Crippen molar-refractivity contribution >= 4 is 17.5 Å². The second kappa shape index (κ2) is 7.11. The van der Waals surface area contributed by atoms with E-state index in [0.717, 1.165) is 12.1 Å². The van der Waals surface area contributed by atoms with Crippen molar-refractivity contribution in [3.63, 3.8) is 0 Å². The third-order valence-electron chi connectivity index (χ3n) is 3.88. The molecule has 8 heteroatoms. The molecule has 1 saturated heterocycles. The molecule has 0 aliphatic carbocycles. The van der Waals surface area contributed by atoms with Gasteiger partial charge < -0.3 is 15.8 Å². The monoisotopic (exact) mass is 359 g/mol. The van der Waals surface area contributed by atoms with Crippen LogP contribution in [0.2, 0.25) is 0 Å². The van der Waals surface area contributed by atoms with E-state index < -0.39 is 23.4 Å². The van der Waals surface area contributed by atoms with E-state index in [9.17, 15) is 18.0 Å². The number of hydrogen-bond acceptors (Lipinski definition) is 4. The Morgan fingerprint density at radius 1 is 1.24 bits per heavy atom. The summed E-state index contributed by atoms with van der Waals surface area (Å²) in [5.74, 6) is 0. The van der Waals surface area contributed by atoms with E-state index in [0.29, 0.717) is 25.9 Å². The number of benzene rings is 1. The number of carbonyl (C=O) groups excluding carboxylic acids is 1. The topological polar surface area (TPSA) is 67.6 Å². The van der Waals surface area contributed by atoms with Crippen molar-refractivity contribution in [3.8, 4) is 0 Å². The molecule has 5 nitrogen and oxygen atoms in total. The Labute approximate surface area is 145 Å². The summed E-state index contributed by atoms with van der Waals surface area (Å²) in [5, 5.41) is 3.19. The Hall–Kier alpha value is -1.96. The first-order valence-corrected chi connectivity index (χ1v) is 8.19. The van der Waals surface area contributed by atoms with Gasteiger partial charge in [0.05, 0.1) is 16.9 Å². The predicted octanol–water partition coefficient (Wildman–Crippen LogP) is 3.78. The second-order valence-electron chi connectivity index (χ2n) is 7.10. The van der Waals surface area contributed by atoms with Crippen LogP contribution in [0.25, 0.3) is 0 Å². The van der Waals surface area contributed by atoms with Crippen molar-refractivity contribution in [1.29, 1.82) is 0 Å². The minimum Gasteiger partial charge on any atom is -0.443 e. The number of nitrogens with two attached hydrogens (primary N) is 1. The van der Waals surface area contributed by atoms with Crippen molar-refractivity contribution in [1.82, 2.24) is 5.32 Å². The van der Waals surface area contributed by atoms with Gasteiger partial charge in [0.1, 0.15) is 5.60 Å². The number of nitrogen functional groups attached to an aromatic ring is 1. The van der Waals surface area contributed by atoms with Crippen LogP contribution in [0.15, 0.2) is 18.2 Å². The summed E-state index contributed by atoms with van der Waals surface area (Å²) < 4.78 is 44.1. The fourth-order valence-electron chi connectivity index (χ4n) is 2.77. The van der Waals surface area contributed by atoms with Crippen molar-refractivity contribution in [2.45, 2.75) is 51.4 Å². The number of hydrogen-bond donors (Lipinski definition) is 2. The predicted molar refractivity (Wildman–Crippen MR) is 90.5 cm³/mol. The molecule has 1 aliphatic heterocycles. The molecule has 0 unspecified atom stereocenters. The molecule has 0 aromatic heterocycles. The van der Waals surface area contributed by atoms with Crippen LogP contribution in [0.1, 0.15) is 39.2 Å². The largest absolute Gasteiger partial charge is 0.443 e.